The molecule has 116 valence electrons. The molecule has 4 rings (SSSR count). The molecule has 2 aromatic rings. The molecule has 2 amide bonds. The Morgan fingerprint density at radius 2 is 2.09 bits per heavy atom. The molecule has 2 saturated heterocycles. The third-order valence-corrected chi connectivity index (χ3v) is 6.63. The molecule has 6 heteroatoms. The van der Waals surface area contributed by atoms with Crippen LogP contribution in [0.25, 0.3) is 10.9 Å². The van der Waals surface area contributed by atoms with Crippen molar-refractivity contribution in [1.82, 2.24) is 15.6 Å². The Morgan fingerprint density at radius 3 is 3.00 bits per heavy atom. The van der Waals surface area contributed by atoms with Gasteiger partial charge >= 0.3 is 6.03 Å². The number of hydrogen-bond donors (Lipinski definition) is 3. The molecule has 2 aliphatic heterocycles. The molecule has 4 unspecified atom stereocenters. The van der Waals surface area contributed by atoms with Crippen molar-refractivity contribution in [3.63, 3.8) is 0 Å². The van der Waals surface area contributed by atoms with E-state index in [1.165, 1.54) is 10.9 Å². The predicted octanol–water partition coefficient (Wildman–Crippen LogP) is 1.67. The number of carbonyl (C=O) groups is 1. The van der Waals surface area contributed by atoms with Crippen LogP contribution in [0.4, 0.5) is 4.79 Å². The third-order valence-electron chi connectivity index (χ3n) is 4.74. The smallest absolute Gasteiger partial charge is 0.315 e. The zero-order valence-corrected chi connectivity index (χ0v) is 13.0. The van der Waals surface area contributed by atoms with Crippen molar-refractivity contribution in [3.8, 4) is 0 Å². The van der Waals surface area contributed by atoms with Gasteiger partial charge in [-0.25, -0.2) is 4.79 Å². The Kier molecular flexibility index (Phi) is 3.41. The standard InChI is InChI=1S/C16H19N3O2S/c20-16-18-13-9-22(21)14(15(13)19-16)7-3-4-10-8-17-12-6-2-1-5-11(10)12/h1-2,5-6,8,13-15,17H,3-4,7,9H2,(H2,18,19,20). The molecule has 3 N–H and O–H groups in total. The first kappa shape index (κ1) is 13.8. The van der Waals surface area contributed by atoms with Crippen LogP contribution in [0.15, 0.2) is 30.5 Å². The number of nitrogens with one attached hydrogen (secondary N) is 3. The number of rotatable bonds is 4. The summed E-state index contributed by atoms with van der Waals surface area (Å²) < 4.78 is 12.2. The van der Waals surface area contributed by atoms with Crippen LogP contribution in [0.1, 0.15) is 18.4 Å². The molecule has 0 spiro atoms. The van der Waals surface area contributed by atoms with Crippen molar-refractivity contribution in [2.24, 2.45) is 0 Å². The molecule has 4 atom stereocenters. The van der Waals surface area contributed by atoms with Crippen molar-refractivity contribution in [2.75, 3.05) is 5.75 Å². The van der Waals surface area contributed by atoms with Gasteiger partial charge in [0.05, 0.1) is 17.3 Å². The van der Waals surface area contributed by atoms with Crippen LogP contribution >= 0.6 is 0 Å². The fourth-order valence-corrected chi connectivity index (χ4v) is 5.56. The van der Waals surface area contributed by atoms with Gasteiger partial charge in [0.15, 0.2) is 0 Å². The number of aromatic nitrogens is 1. The van der Waals surface area contributed by atoms with E-state index in [-0.39, 0.29) is 23.4 Å². The molecule has 0 saturated carbocycles. The first-order valence-electron chi connectivity index (χ1n) is 7.71. The number of aromatic amines is 1. The lowest BCUT2D eigenvalue weighted by atomic mass is 10.0. The Labute approximate surface area is 131 Å². The zero-order valence-electron chi connectivity index (χ0n) is 12.2. The largest absolute Gasteiger partial charge is 0.361 e. The van der Waals surface area contributed by atoms with Gasteiger partial charge in [0, 0.05) is 33.7 Å². The fraction of sp³-hybridized carbons (Fsp3) is 0.438. The Morgan fingerprint density at radius 1 is 1.23 bits per heavy atom. The number of urea groups is 1. The van der Waals surface area contributed by atoms with E-state index >= 15 is 0 Å². The topological polar surface area (TPSA) is 74.0 Å². The molecule has 1 aromatic heterocycles. The van der Waals surface area contributed by atoms with Crippen molar-refractivity contribution in [1.29, 1.82) is 0 Å². The molecular weight excluding hydrogens is 298 g/mol. The summed E-state index contributed by atoms with van der Waals surface area (Å²) in [5, 5.41) is 7.12. The highest BCUT2D eigenvalue weighted by Gasteiger charge is 2.46. The van der Waals surface area contributed by atoms with Crippen LogP contribution in [-0.2, 0) is 17.2 Å². The monoisotopic (exact) mass is 317 g/mol. The van der Waals surface area contributed by atoms with E-state index in [2.05, 4.69) is 40.0 Å². The van der Waals surface area contributed by atoms with Gasteiger partial charge in [0.25, 0.3) is 0 Å². The van der Waals surface area contributed by atoms with E-state index in [0.29, 0.717) is 5.75 Å². The van der Waals surface area contributed by atoms with Gasteiger partial charge in [-0.1, -0.05) is 18.2 Å². The summed E-state index contributed by atoms with van der Waals surface area (Å²) >= 11 is 0. The van der Waals surface area contributed by atoms with Crippen LogP contribution in [0.3, 0.4) is 0 Å². The highest BCUT2D eigenvalue weighted by molar-refractivity contribution is 7.86. The number of H-pyrrole nitrogens is 1. The quantitative estimate of drug-likeness (QED) is 0.751. The van der Waals surface area contributed by atoms with E-state index in [0.717, 1.165) is 24.8 Å². The van der Waals surface area contributed by atoms with Gasteiger partial charge < -0.3 is 15.6 Å². The minimum atomic E-state index is -0.845. The number of fused-ring (bicyclic) bond motifs is 2. The molecule has 0 radical (unpaired) electrons. The summed E-state index contributed by atoms with van der Waals surface area (Å²) in [7, 11) is -0.845. The maximum Gasteiger partial charge on any atom is 0.315 e. The number of aryl methyl sites for hydroxylation is 1. The van der Waals surface area contributed by atoms with E-state index in [1.54, 1.807) is 0 Å². The van der Waals surface area contributed by atoms with E-state index in [9.17, 15) is 9.00 Å². The average Bonchev–Trinajstić information content (AvgIpc) is 3.14. The molecule has 22 heavy (non-hydrogen) atoms. The van der Waals surface area contributed by atoms with Gasteiger partial charge in [0.1, 0.15) is 0 Å². The predicted molar refractivity (Wildman–Crippen MR) is 87.3 cm³/mol. The van der Waals surface area contributed by atoms with Crippen LogP contribution in [0.5, 0.6) is 0 Å². The second-order valence-electron chi connectivity index (χ2n) is 6.09. The fourth-order valence-electron chi connectivity index (χ4n) is 3.66. The van der Waals surface area contributed by atoms with Crippen LogP contribution in [0.2, 0.25) is 0 Å². The van der Waals surface area contributed by atoms with Gasteiger partial charge in [-0.15, -0.1) is 0 Å². The summed E-state index contributed by atoms with van der Waals surface area (Å²) in [6, 6.07) is 8.26. The van der Waals surface area contributed by atoms with Crippen LogP contribution in [0, 0.1) is 0 Å². The van der Waals surface area contributed by atoms with Crippen molar-refractivity contribution < 1.29 is 9.00 Å². The SMILES string of the molecule is O=C1NC2CS(=O)C(CCCc3c[nH]c4ccccc34)C2N1. The lowest BCUT2D eigenvalue weighted by Gasteiger charge is -2.15. The van der Waals surface area contributed by atoms with E-state index in [4.69, 9.17) is 0 Å². The van der Waals surface area contributed by atoms with Gasteiger partial charge in [-0.2, -0.15) is 0 Å². The number of amides is 2. The molecule has 5 nitrogen and oxygen atoms in total. The highest BCUT2D eigenvalue weighted by Crippen LogP contribution is 2.26. The second kappa shape index (κ2) is 5.43. The molecule has 2 fully saturated rings. The lowest BCUT2D eigenvalue weighted by molar-refractivity contribution is 0.247. The Balaban J connectivity index is 1.41. The van der Waals surface area contributed by atoms with Gasteiger partial charge in [-0.3, -0.25) is 4.21 Å². The summed E-state index contributed by atoms with van der Waals surface area (Å²) in [5.41, 5.74) is 2.47. The summed E-state index contributed by atoms with van der Waals surface area (Å²) in [6.07, 6.45) is 4.90. The maximum absolute atomic E-state index is 12.2. The second-order valence-corrected chi connectivity index (χ2v) is 7.79. The molecule has 0 aliphatic carbocycles. The molecule has 0 bridgehead atoms. The minimum absolute atomic E-state index is 0.0382. The van der Waals surface area contributed by atoms with Crippen molar-refractivity contribution in [3.05, 3.63) is 36.0 Å². The Bertz CT molecular complexity index is 742. The molecule has 2 aliphatic rings. The number of para-hydroxylation sites is 1. The number of benzene rings is 1. The van der Waals surface area contributed by atoms with Crippen molar-refractivity contribution in [2.45, 2.75) is 36.6 Å². The first-order chi connectivity index (χ1) is 10.7. The van der Waals surface area contributed by atoms with E-state index in [1.807, 2.05) is 6.07 Å². The first-order valence-corrected chi connectivity index (χ1v) is 9.10. The highest BCUT2D eigenvalue weighted by atomic mass is 32.2. The zero-order chi connectivity index (χ0) is 15.1. The molecule has 1 aromatic carbocycles. The van der Waals surface area contributed by atoms with Crippen molar-refractivity contribution >= 4 is 27.7 Å². The summed E-state index contributed by atoms with van der Waals surface area (Å²) in [6.45, 7) is 0. The normalized spacial score (nSPS) is 30.3. The molecule has 3 heterocycles. The summed E-state index contributed by atoms with van der Waals surface area (Å²) in [4.78, 5) is 14.7. The van der Waals surface area contributed by atoms with Gasteiger partial charge in [0.2, 0.25) is 0 Å². The minimum Gasteiger partial charge on any atom is -0.361 e. The third kappa shape index (κ3) is 2.31. The summed E-state index contributed by atoms with van der Waals surface area (Å²) in [5.74, 6) is 0.584. The van der Waals surface area contributed by atoms with Gasteiger partial charge in [-0.05, 0) is 30.9 Å². The number of hydrogen-bond acceptors (Lipinski definition) is 2. The lowest BCUT2D eigenvalue weighted by Crippen LogP contribution is -2.38. The van der Waals surface area contributed by atoms with Crippen LogP contribution in [-0.4, -0.2) is 38.3 Å². The molecular formula is C16H19N3O2S. The maximum atomic E-state index is 12.2. The van der Waals surface area contributed by atoms with Crippen LogP contribution < -0.4 is 10.6 Å². The number of carbonyl (C=O) groups excluding carboxylic acids is 1. The van der Waals surface area contributed by atoms with E-state index < -0.39 is 10.8 Å². The average molecular weight is 317 g/mol. The Hall–Kier alpha value is -1.82.